The smallest absolute Gasteiger partial charge is 0.192 e. The van der Waals surface area contributed by atoms with Crippen molar-refractivity contribution < 1.29 is 4.42 Å². The fourth-order valence-electron chi connectivity index (χ4n) is 2.22. The van der Waals surface area contributed by atoms with Gasteiger partial charge in [-0.1, -0.05) is 67.7 Å². The predicted octanol–water partition coefficient (Wildman–Crippen LogP) is 6.02. The molecule has 3 aromatic rings. The maximum atomic E-state index is 12.2. The van der Waals surface area contributed by atoms with E-state index >= 15 is 0 Å². The van der Waals surface area contributed by atoms with Crippen LogP contribution in [0.2, 0.25) is 5.02 Å². The fraction of sp³-hybridized carbons (Fsp3) is 0.118. The minimum absolute atomic E-state index is 0.0443. The van der Waals surface area contributed by atoms with Crippen LogP contribution < -0.4 is 5.43 Å². The molecule has 22 heavy (non-hydrogen) atoms. The van der Waals surface area contributed by atoms with Crippen molar-refractivity contribution in [2.45, 2.75) is 9.65 Å². The van der Waals surface area contributed by atoms with Crippen LogP contribution in [-0.4, -0.2) is 0 Å². The van der Waals surface area contributed by atoms with E-state index in [-0.39, 0.29) is 15.1 Å². The second-order valence-electron chi connectivity index (χ2n) is 4.86. The van der Waals surface area contributed by atoms with Gasteiger partial charge >= 0.3 is 0 Å². The standard InChI is InChI=1S/C17H11Br2ClO2/c18-16(10-5-7-11(20)8-6-10)17(19)15-9-13(21)12-3-1-2-4-14(12)22-15/h1-9,16-17H/t16-,17+/m1/s1. The third kappa shape index (κ3) is 3.14. The first-order valence-corrected chi connectivity index (χ1v) is 8.83. The van der Waals surface area contributed by atoms with Crippen LogP contribution in [0, 0.1) is 0 Å². The molecule has 0 aliphatic rings. The molecule has 1 aromatic heterocycles. The van der Waals surface area contributed by atoms with Gasteiger partial charge in [0.05, 0.1) is 15.0 Å². The Kier molecular flexibility index (Phi) is 4.71. The van der Waals surface area contributed by atoms with Gasteiger partial charge in [0.2, 0.25) is 0 Å². The van der Waals surface area contributed by atoms with E-state index in [1.165, 1.54) is 6.07 Å². The monoisotopic (exact) mass is 440 g/mol. The zero-order valence-corrected chi connectivity index (χ0v) is 15.2. The Morgan fingerprint density at radius 3 is 2.36 bits per heavy atom. The summed E-state index contributed by atoms with van der Waals surface area (Å²) in [6.07, 6.45) is 0. The Morgan fingerprint density at radius 1 is 0.955 bits per heavy atom. The Hall–Kier alpha value is -1.10. The van der Waals surface area contributed by atoms with Crippen molar-refractivity contribution in [1.29, 1.82) is 0 Å². The topological polar surface area (TPSA) is 30.2 Å². The number of fused-ring (bicyclic) bond motifs is 1. The molecular formula is C17H11Br2ClO2. The minimum Gasteiger partial charge on any atom is -0.460 e. The first kappa shape index (κ1) is 15.8. The first-order valence-electron chi connectivity index (χ1n) is 6.62. The summed E-state index contributed by atoms with van der Waals surface area (Å²) in [4.78, 5) is 12.0. The lowest BCUT2D eigenvalue weighted by Crippen LogP contribution is -2.06. The predicted molar refractivity (Wildman–Crippen MR) is 97.3 cm³/mol. The number of halogens is 3. The molecule has 0 saturated heterocycles. The number of benzene rings is 2. The van der Waals surface area contributed by atoms with Crippen LogP contribution >= 0.6 is 43.5 Å². The summed E-state index contributed by atoms with van der Waals surface area (Å²) in [6.45, 7) is 0. The van der Waals surface area contributed by atoms with Crippen molar-refractivity contribution in [3.8, 4) is 0 Å². The van der Waals surface area contributed by atoms with Crippen molar-refractivity contribution >= 4 is 54.4 Å². The van der Waals surface area contributed by atoms with Gasteiger partial charge in [-0.05, 0) is 29.8 Å². The lowest BCUT2D eigenvalue weighted by Gasteiger charge is -2.17. The summed E-state index contributed by atoms with van der Waals surface area (Å²) < 4.78 is 5.87. The Labute approximate surface area is 149 Å². The van der Waals surface area contributed by atoms with Gasteiger partial charge in [-0.2, -0.15) is 0 Å². The van der Waals surface area contributed by atoms with Crippen LogP contribution in [0.25, 0.3) is 11.0 Å². The van der Waals surface area contributed by atoms with E-state index in [9.17, 15) is 4.79 Å². The lowest BCUT2D eigenvalue weighted by molar-refractivity contribution is 0.531. The quantitative estimate of drug-likeness (QED) is 0.465. The van der Waals surface area contributed by atoms with E-state index in [2.05, 4.69) is 31.9 Å². The molecule has 2 aromatic carbocycles. The molecule has 0 unspecified atom stereocenters. The molecule has 5 heteroatoms. The summed E-state index contributed by atoms with van der Waals surface area (Å²) >= 11 is 13.2. The minimum atomic E-state index is -0.175. The second kappa shape index (κ2) is 6.57. The molecule has 1 heterocycles. The molecule has 2 atom stereocenters. The summed E-state index contributed by atoms with van der Waals surface area (Å²) in [6, 6.07) is 16.3. The maximum absolute atomic E-state index is 12.2. The van der Waals surface area contributed by atoms with Crippen LogP contribution in [0.1, 0.15) is 21.0 Å². The van der Waals surface area contributed by atoms with Crippen molar-refractivity contribution in [2.24, 2.45) is 0 Å². The van der Waals surface area contributed by atoms with Crippen molar-refractivity contribution in [3.63, 3.8) is 0 Å². The molecule has 0 saturated carbocycles. The van der Waals surface area contributed by atoms with Crippen molar-refractivity contribution in [2.75, 3.05) is 0 Å². The third-order valence-corrected chi connectivity index (χ3v) is 6.37. The number of para-hydroxylation sites is 1. The molecule has 0 radical (unpaired) electrons. The SMILES string of the molecule is O=c1cc([C@H](Br)[C@H](Br)c2ccc(Cl)cc2)oc2ccccc12. The fourth-order valence-corrected chi connectivity index (χ4v) is 3.44. The van der Waals surface area contributed by atoms with Gasteiger partial charge in [-0.3, -0.25) is 4.79 Å². The molecule has 0 spiro atoms. The molecular weight excluding hydrogens is 431 g/mol. The number of hydrogen-bond donors (Lipinski definition) is 0. The van der Waals surface area contributed by atoms with Crippen LogP contribution in [0.5, 0.6) is 0 Å². The highest BCUT2D eigenvalue weighted by molar-refractivity contribution is 9.12. The number of hydrogen-bond acceptors (Lipinski definition) is 2. The maximum Gasteiger partial charge on any atom is 0.192 e. The van der Waals surface area contributed by atoms with Crippen molar-refractivity contribution in [3.05, 3.63) is 81.2 Å². The normalized spacial score (nSPS) is 14.0. The molecule has 0 aliphatic carbocycles. The van der Waals surface area contributed by atoms with E-state index in [1.807, 2.05) is 36.4 Å². The second-order valence-corrected chi connectivity index (χ2v) is 7.27. The summed E-state index contributed by atoms with van der Waals surface area (Å²) in [5.41, 5.74) is 1.59. The van der Waals surface area contributed by atoms with Gasteiger partial charge in [-0.15, -0.1) is 0 Å². The van der Waals surface area contributed by atoms with Gasteiger partial charge in [0, 0.05) is 11.1 Å². The summed E-state index contributed by atoms with van der Waals surface area (Å²) in [7, 11) is 0. The first-order chi connectivity index (χ1) is 10.6. The average molecular weight is 443 g/mol. The van der Waals surface area contributed by atoms with E-state index in [1.54, 1.807) is 12.1 Å². The Morgan fingerprint density at radius 2 is 1.64 bits per heavy atom. The van der Waals surface area contributed by atoms with E-state index in [0.717, 1.165) is 5.56 Å². The van der Waals surface area contributed by atoms with Gasteiger partial charge < -0.3 is 4.42 Å². The molecule has 3 rings (SSSR count). The summed E-state index contributed by atoms with van der Waals surface area (Å²) in [5.74, 6) is 0.584. The van der Waals surface area contributed by atoms with E-state index < -0.39 is 0 Å². The van der Waals surface area contributed by atoms with Crippen LogP contribution in [0.3, 0.4) is 0 Å². The molecule has 0 fully saturated rings. The number of rotatable bonds is 3. The van der Waals surface area contributed by atoms with Crippen LogP contribution in [-0.2, 0) is 0 Å². The highest BCUT2D eigenvalue weighted by Gasteiger charge is 2.23. The Bertz CT molecular complexity index is 858. The highest BCUT2D eigenvalue weighted by Crippen LogP contribution is 2.42. The zero-order chi connectivity index (χ0) is 15.7. The molecule has 0 N–H and O–H groups in total. The lowest BCUT2D eigenvalue weighted by atomic mass is 10.1. The number of alkyl halides is 2. The zero-order valence-electron chi connectivity index (χ0n) is 11.3. The molecule has 2 nitrogen and oxygen atoms in total. The molecule has 0 bridgehead atoms. The average Bonchev–Trinajstić information content (AvgIpc) is 2.54. The molecule has 112 valence electrons. The Balaban J connectivity index is 1.99. The van der Waals surface area contributed by atoms with Crippen LogP contribution in [0.15, 0.2) is 63.8 Å². The van der Waals surface area contributed by atoms with Crippen molar-refractivity contribution in [1.82, 2.24) is 0 Å². The summed E-state index contributed by atoms with van der Waals surface area (Å²) in [5, 5.41) is 1.27. The van der Waals surface area contributed by atoms with Gasteiger partial charge in [0.1, 0.15) is 11.3 Å². The van der Waals surface area contributed by atoms with Gasteiger partial charge in [0.15, 0.2) is 5.43 Å². The molecule has 0 aliphatic heterocycles. The molecule has 0 amide bonds. The van der Waals surface area contributed by atoms with Gasteiger partial charge in [0.25, 0.3) is 0 Å². The highest BCUT2D eigenvalue weighted by atomic mass is 79.9. The third-order valence-electron chi connectivity index (χ3n) is 3.37. The van der Waals surface area contributed by atoms with Crippen LogP contribution in [0.4, 0.5) is 0 Å². The van der Waals surface area contributed by atoms with E-state index in [0.29, 0.717) is 21.8 Å². The van der Waals surface area contributed by atoms with Gasteiger partial charge in [-0.25, -0.2) is 0 Å². The largest absolute Gasteiger partial charge is 0.460 e. The van der Waals surface area contributed by atoms with E-state index in [4.69, 9.17) is 16.0 Å².